The third kappa shape index (κ3) is 2.10. The van der Waals surface area contributed by atoms with Gasteiger partial charge in [-0.1, -0.05) is 36.5 Å². The van der Waals surface area contributed by atoms with E-state index in [9.17, 15) is 0 Å². The Morgan fingerprint density at radius 3 is 2.95 bits per heavy atom. The Kier molecular flexibility index (Phi) is 2.75. The highest BCUT2D eigenvalue weighted by Gasteiger charge is 2.29. The molecule has 0 amide bonds. The molecule has 0 saturated heterocycles. The van der Waals surface area contributed by atoms with Gasteiger partial charge in [-0.3, -0.25) is 4.68 Å². The van der Waals surface area contributed by atoms with Crippen molar-refractivity contribution < 1.29 is 0 Å². The fourth-order valence-corrected chi connectivity index (χ4v) is 3.08. The number of aryl methyl sites for hydroxylation is 1. The van der Waals surface area contributed by atoms with Crippen LogP contribution in [0.1, 0.15) is 22.9 Å². The molecule has 1 aliphatic rings. The van der Waals surface area contributed by atoms with Gasteiger partial charge in [0.1, 0.15) is 10.5 Å². The predicted octanol–water partition coefficient (Wildman–Crippen LogP) is 3.23. The molecule has 0 aliphatic heterocycles. The number of hydrogen-bond acceptors (Lipinski definition) is 3. The van der Waals surface area contributed by atoms with Gasteiger partial charge in [0.05, 0.1) is 11.9 Å². The van der Waals surface area contributed by atoms with Crippen LogP contribution < -0.4 is 0 Å². The van der Waals surface area contributed by atoms with Gasteiger partial charge in [0.15, 0.2) is 0 Å². The molecule has 1 N–H and O–H groups in total. The van der Waals surface area contributed by atoms with E-state index in [1.54, 1.807) is 4.68 Å². The summed E-state index contributed by atoms with van der Waals surface area (Å²) < 4.78 is 2.40. The van der Waals surface area contributed by atoms with Gasteiger partial charge in [-0.25, -0.2) is 4.98 Å². The van der Waals surface area contributed by atoms with E-state index in [0.29, 0.717) is 10.6 Å². The minimum atomic E-state index is 0.319. The lowest BCUT2D eigenvalue weighted by atomic mass is 9.77. The molecule has 0 fully saturated rings. The van der Waals surface area contributed by atoms with E-state index in [1.807, 2.05) is 25.5 Å². The second-order valence-electron chi connectivity index (χ2n) is 5.38. The quantitative estimate of drug-likeness (QED) is 0.738. The van der Waals surface area contributed by atoms with Crippen LogP contribution in [0.3, 0.4) is 0 Å². The largest absolute Gasteiger partial charge is 0.343 e. The Morgan fingerprint density at radius 1 is 1.33 bits per heavy atom. The number of benzene rings is 1. The third-order valence-electron chi connectivity index (χ3n) is 3.96. The molecule has 4 rings (SSSR count). The standard InChI is InChI=1S/C16H14N4S/c1-20-9-11(8-17-20)14-7-15(21)19-16(18-14)13-6-10-4-2-3-5-12(10)13/h2-5,7-9,13H,6H2,1H3,(H,18,19,21). The third-order valence-corrected chi connectivity index (χ3v) is 4.17. The zero-order valence-electron chi connectivity index (χ0n) is 11.6. The summed E-state index contributed by atoms with van der Waals surface area (Å²) in [7, 11) is 1.91. The Balaban J connectivity index is 1.78. The van der Waals surface area contributed by atoms with Crippen molar-refractivity contribution in [2.24, 2.45) is 7.05 Å². The molecule has 3 aromatic rings. The molecule has 1 atom stereocenters. The maximum Gasteiger partial charge on any atom is 0.130 e. The molecule has 0 radical (unpaired) electrons. The van der Waals surface area contributed by atoms with Gasteiger partial charge in [-0.15, -0.1) is 0 Å². The van der Waals surface area contributed by atoms with Gasteiger partial charge in [-0.2, -0.15) is 5.10 Å². The first-order chi connectivity index (χ1) is 10.2. The molecule has 1 aromatic carbocycles. The number of hydrogen-bond donors (Lipinski definition) is 1. The maximum absolute atomic E-state index is 5.33. The van der Waals surface area contributed by atoms with Crippen LogP contribution in [0, 0.1) is 4.64 Å². The number of H-pyrrole nitrogens is 1. The van der Waals surface area contributed by atoms with E-state index in [1.165, 1.54) is 11.1 Å². The van der Waals surface area contributed by atoms with Crippen molar-refractivity contribution >= 4 is 12.2 Å². The molecule has 0 bridgehead atoms. The monoisotopic (exact) mass is 294 g/mol. The van der Waals surface area contributed by atoms with Crippen LogP contribution in [0.15, 0.2) is 42.7 Å². The molecule has 5 heteroatoms. The Morgan fingerprint density at radius 2 is 2.19 bits per heavy atom. The van der Waals surface area contributed by atoms with Crippen LogP contribution in [-0.4, -0.2) is 19.7 Å². The van der Waals surface area contributed by atoms with Crippen molar-refractivity contribution in [3.05, 3.63) is 64.3 Å². The molecule has 1 aliphatic carbocycles. The zero-order chi connectivity index (χ0) is 14.4. The summed E-state index contributed by atoms with van der Waals surface area (Å²) in [6.45, 7) is 0. The van der Waals surface area contributed by atoms with Crippen molar-refractivity contribution in [1.82, 2.24) is 19.7 Å². The average Bonchev–Trinajstić information content (AvgIpc) is 2.86. The summed E-state index contributed by atoms with van der Waals surface area (Å²) in [4.78, 5) is 7.95. The lowest BCUT2D eigenvalue weighted by molar-refractivity contribution is 0.659. The molecule has 2 aromatic heterocycles. The molecule has 0 spiro atoms. The fraction of sp³-hybridized carbons (Fsp3) is 0.188. The van der Waals surface area contributed by atoms with Crippen LogP contribution in [0.2, 0.25) is 0 Å². The highest BCUT2D eigenvalue weighted by molar-refractivity contribution is 7.71. The fourth-order valence-electron chi connectivity index (χ4n) is 2.86. The van der Waals surface area contributed by atoms with Gasteiger partial charge in [-0.05, 0) is 23.6 Å². The second kappa shape index (κ2) is 4.63. The molecule has 2 heterocycles. The maximum atomic E-state index is 5.33. The van der Waals surface area contributed by atoms with E-state index in [4.69, 9.17) is 12.2 Å². The van der Waals surface area contributed by atoms with Gasteiger partial charge >= 0.3 is 0 Å². The summed E-state index contributed by atoms with van der Waals surface area (Å²) in [5.74, 6) is 1.26. The van der Waals surface area contributed by atoms with Crippen molar-refractivity contribution in [3.8, 4) is 11.3 Å². The Bertz CT molecular complexity index is 878. The summed E-state index contributed by atoms with van der Waals surface area (Å²) >= 11 is 5.33. The lowest BCUT2D eigenvalue weighted by Gasteiger charge is -2.29. The Hall–Kier alpha value is -2.27. The minimum Gasteiger partial charge on any atom is -0.343 e. The van der Waals surface area contributed by atoms with E-state index in [2.05, 4.69) is 39.3 Å². The number of nitrogens with zero attached hydrogens (tertiary/aromatic N) is 3. The number of nitrogens with one attached hydrogen (secondary N) is 1. The van der Waals surface area contributed by atoms with Gasteiger partial charge in [0.25, 0.3) is 0 Å². The van der Waals surface area contributed by atoms with Gasteiger partial charge in [0.2, 0.25) is 0 Å². The second-order valence-corrected chi connectivity index (χ2v) is 5.79. The van der Waals surface area contributed by atoms with E-state index >= 15 is 0 Å². The van der Waals surface area contributed by atoms with E-state index in [-0.39, 0.29) is 0 Å². The normalized spacial score (nSPS) is 16.3. The first kappa shape index (κ1) is 12.5. The lowest BCUT2D eigenvalue weighted by Crippen LogP contribution is -2.20. The topological polar surface area (TPSA) is 46.5 Å². The van der Waals surface area contributed by atoms with Crippen molar-refractivity contribution in [1.29, 1.82) is 0 Å². The number of aromatic amines is 1. The Labute approximate surface area is 127 Å². The number of fused-ring (bicyclic) bond motifs is 1. The van der Waals surface area contributed by atoms with Gasteiger partial charge < -0.3 is 4.98 Å². The summed E-state index contributed by atoms with van der Waals surface area (Å²) in [5, 5.41) is 4.21. The van der Waals surface area contributed by atoms with Crippen LogP contribution in [0.4, 0.5) is 0 Å². The van der Waals surface area contributed by atoms with Crippen LogP contribution in [0.5, 0.6) is 0 Å². The highest BCUT2D eigenvalue weighted by Crippen LogP contribution is 2.38. The average molecular weight is 294 g/mol. The predicted molar refractivity (Wildman–Crippen MR) is 83.6 cm³/mol. The molecule has 104 valence electrons. The van der Waals surface area contributed by atoms with E-state index in [0.717, 1.165) is 23.5 Å². The number of rotatable bonds is 2. The molecule has 21 heavy (non-hydrogen) atoms. The molecule has 1 unspecified atom stereocenters. The minimum absolute atomic E-state index is 0.319. The first-order valence-electron chi connectivity index (χ1n) is 6.89. The zero-order valence-corrected chi connectivity index (χ0v) is 12.4. The van der Waals surface area contributed by atoms with Crippen molar-refractivity contribution in [3.63, 3.8) is 0 Å². The first-order valence-corrected chi connectivity index (χ1v) is 7.29. The smallest absolute Gasteiger partial charge is 0.130 e. The molecule has 4 nitrogen and oxygen atoms in total. The van der Waals surface area contributed by atoms with Gasteiger partial charge in [0, 0.05) is 24.7 Å². The van der Waals surface area contributed by atoms with Crippen LogP contribution in [-0.2, 0) is 13.5 Å². The highest BCUT2D eigenvalue weighted by atomic mass is 32.1. The van der Waals surface area contributed by atoms with Crippen molar-refractivity contribution in [2.75, 3.05) is 0 Å². The number of aromatic nitrogens is 4. The molecule has 0 saturated carbocycles. The molecular formula is C16H14N4S. The van der Waals surface area contributed by atoms with Crippen LogP contribution in [0.25, 0.3) is 11.3 Å². The summed E-state index contributed by atoms with van der Waals surface area (Å²) in [5.41, 5.74) is 4.75. The molecular weight excluding hydrogens is 280 g/mol. The summed E-state index contributed by atoms with van der Waals surface area (Å²) in [6, 6.07) is 10.4. The van der Waals surface area contributed by atoms with E-state index < -0.39 is 0 Å². The SMILES string of the molecule is Cn1cc(-c2cc(=S)nc(C3Cc4ccccc43)[nH]2)cn1. The van der Waals surface area contributed by atoms with Crippen LogP contribution >= 0.6 is 12.2 Å². The van der Waals surface area contributed by atoms with Crippen molar-refractivity contribution in [2.45, 2.75) is 12.3 Å². The summed E-state index contributed by atoms with van der Waals surface area (Å²) in [6.07, 6.45) is 4.82.